The van der Waals surface area contributed by atoms with E-state index in [9.17, 15) is 4.79 Å². The molecule has 1 aliphatic heterocycles. The summed E-state index contributed by atoms with van der Waals surface area (Å²) < 4.78 is 1.79. The van der Waals surface area contributed by atoms with Gasteiger partial charge in [0.05, 0.1) is 18.5 Å². The second kappa shape index (κ2) is 7.51. The van der Waals surface area contributed by atoms with E-state index in [1.54, 1.807) is 16.4 Å². The van der Waals surface area contributed by atoms with Crippen LogP contribution in [-0.2, 0) is 17.9 Å². The van der Waals surface area contributed by atoms with Crippen molar-refractivity contribution in [1.82, 2.24) is 19.9 Å². The Hall–Kier alpha value is -2.31. The maximum absolute atomic E-state index is 12.3. The molecule has 1 aromatic heterocycles. The molecule has 1 unspecified atom stereocenters. The minimum atomic E-state index is -0.0957. The lowest BCUT2D eigenvalue weighted by Gasteiger charge is -2.22. The largest absolute Gasteiger partial charge is 0.320 e. The molecule has 0 N–H and O–H groups in total. The third-order valence-electron chi connectivity index (χ3n) is 4.23. The number of nitrogens with zero attached hydrogens (tertiary/aromatic N) is 4. The third kappa shape index (κ3) is 3.76. The fourth-order valence-electron chi connectivity index (χ4n) is 2.93. The molecule has 1 saturated heterocycles. The monoisotopic (exact) mass is 384 g/mol. The van der Waals surface area contributed by atoms with Crippen LogP contribution in [0.4, 0.5) is 0 Å². The van der Waals surface area contributed by atoms with Gasteiger partial charge in [0.15, 0.2) is 0 Å². The van der Waals surface area contributed by atoms with Gasteiger partial charge in [-0.2, -0.15) is 0 Å². The average Bonchev–Trinajstić information content (AvgIpc) is 3.25. The zero-order valence-electron chi connectivity index (χ0n) is 14.0. The lowest BCUT2D eigenvalue weighted by Crippen LogP contribution is -2.27. The number of halogens is 1. The van der Waals surface area contributed by atoms with E-state index in [-0.39, 0.29) is 11.3 Å². The second-order valence-corrected chi connectivity index (χ2v) is 7.64. The van der Waals surface area contributed by atoms with Crippen molar-refractivity contribution < 1.29 is 4.79 Å². The maximum atomic E-state index is 12.3. The lowest BCUT2D eigenvalue weighted by molar-refractivity contribution is -0.128. The summed E-state index contributed by atoms with van der Waals surface area (Å²) in [5, 5.41) is 9.16. The first kappa shape index (κ1) is 17.1. The molecule has 2 aromatic carbocycles. The zero-order chi connectivity index (χ0) is 17.9. The molecule has 7 heteroatoms. The summed E-state index contributed by atoms with van der Waals surface area (Å²) in [5.74, 6) is 0.609. The number of rotatable bonds is 5. The number of aromatic nitrogens is 3. The van der Waals surface area contributed by atoms with E-state index in [4.69, 9.17) is 11.6 Å². The summed E-state index contributed by atoms with van der Waals surface area (Å²) in [6.45, 7) is 1.20. The van der Waals surface area contributed by atoms with Gasteiger partial charge in [0, 0.05) is 11.6 Å². The number of hydrogen-bond acceptors (Lipinski definition) is 4. The van der Waals surface area contributed by atoms with Crippen molar-refractivity contribution in [2.45, 2.75) is 18.5 Å². The van der Waals surface area contributed by atoms with Gasteiger partial charge in [-0.25, -0.2) is 4.68 Å². The number of hydrogen-bond donors (Lipinski definition) is 0. The number of thioether (sulfide) groups is 1. The highest BCUT2D eigenvalue weighted by atomic mass is 35.5. The quantitative estimate of drug-likeness (QED) is 0.672. The van der Waals surface area contributed by atoms with Crippen LogP contribution >= 0.6 is 23.4 Å². The number of benzene rings is 2. The average molecular weight is 385 g/mol. The highest BCUT2D eigenvalue weighted by Crippen LogP contribution is 2.38. The van der Waals surface area contributed by atoms with E-state index >= 15 is 0 Å². The fraction of sp³-hybridized carbons (Fsp3) is 0.211. The Morgan fingerprint density at radius 3 is 2.54 bits per heavy atom. The van der Waals surface area contributed by atoms with E-state index in [0.717, 1.165) is 16.8 Å². The van der Waals surface area contributed by atoms with Crippen LogP contribution in [0.3, 0.4) is 0 Å². The van der Waals surface area contributed by atoms with Crippen molar-refractivity contribution in [2.24, 2.45) is 0 Å². The van der Waals surface area contributed by atoms with Gasteiger partial charge < -0.3 is 4.90 Å². The van der Waals surface area contributed by atoms with Crippen LogP contribution < -0.4 is 0 Å². The molecule has 1 amide bonds. The predicted octanol–water partition coefficient (Wildman–Crippen LogP) is 3.75. The van der Waals surface area contributed by atoms with Gasteiger partial charge in [-0.3, -0.25) is 4.79 Å². The molecular weight excluding hydrogens is 368 g/mol. The van der Waals surface area contributed by atoms with Crippen LogP contribution in [0.1, 0.15) is 22.2 Å². The van der Waals surface area contributed by atoms with Crippen LogP contribution in [0.5, 0.6) is 0 Å². The molecule has 4 rings (SSSR count). The Bertz CT molecular complexity index is 897. The molecule has 1 atom stereocenters. The number of carbonyl (C=O) groups is 1. The molecule has 0 spiro atoms. The zero-order valence-corrected chi connectivity index (χ0v) is 15.5. The van der Waals surface area contributed by atoms with Gasteiger partial charge >= 0.3 is 0 Å². The summed E-state index contributed by atoms with van der Waals surface area (Å²) in [7, 11) is 0. The predicted molar refractivity (Wildman–Crippen MR) is 103 cm³/mol. The van der Waals surface area contributed by atoms with Crippen LogP contribution in [0.25, 0.3) is 0 Å². The second-order valence-electron chi connectivity index (χ2n) is 6.14. The molecule has 0 saturated carbocycles. The minimum absolute atomic E-state index is 0.0957. The van der Waals surface area contributed by atoms with E-state index in [1.807, 2.05) is 65.7 Å². The molecular formula is C19H17ClN4OS. The van der Waals surface area contributed by atoms with Crippen molar-refractivity contribution in [2.75, 3.05) is 5.75 Å². The highest BCUT2D eigenvalue weighted by Gasteiger charge is 2.34. The fourth-order valence-corrected chi connectivity index (χ4v) is 4.17. The van der Waals surface area contributed by atoms with Gasteiger partial charge in [-0.15, -0.1) is 16.9 Å². The van der Waals surface area contributed by atoms with Crippen LogP contribution in [0, 0.1) is 0 Å². The van der Waals surface area contributed by atoms with Crippen molar-refractivity contribution >= 4 is 29.3 Å². The van der Waals surface area contributed by atoms with Crippen molar-refractivity contribution in [1.29, 1.82) is 0 Å². The summed E-state index contributed by atoms with van der Waals surface area (Å²) in [5.41, 5.74) is 3.02. The summed E-state index contributed by atoms with van der Waals surface area (Å²) >= 11 is 7.52. The Labute approximate surface area is 161 Å². The molecule has 132 valence electrons. The topological polar surface area (TPSA) is 51.0 Å². The molecule has 3 aromatic rings. The van der Waals surface area contributed by atoms with Crippen LogP contribution in [0.2, 0.25) is 5.02 Å². The first-order valence-corrected chi connectivity index (χ1v) is 9.71. The van der Waals surface area contributed by atoms with Gasteiger partial charge in [0.25, 0.3) is 0 Å². The molecule has 5 nitrogen and oxygen atoms in total. The van der Waals surface area contributed by atoms with E-state index in [1.165, 1.54) is 0 Å². The maximum Gasteiger partial charge on any atom is 0.234 e. The Morgan fingerprint density at radius 1 is 1.04 bits per heavy atom. The summed E-state index contributed by atoms with van der Waals surface area (Å²) in [6, 6.07) is 17.7. The summed E-state index contributed by atoms with van der Waals surface area (Å²) in [6.07, 6.45) is 1.92. The smallest absolute Gasteiger partial charge is 0.234 e. The van der Waals surface area contributed by atoms with Gasteiger partial charge in [-0.1, -0.05) is 59.3 Å². The molecule has 0 bridgehead atoms. The van der Waals surface area contributed by atoms with E-state index in [2.05, 4.69) is 10.3 Å². The van der Waals surface area contributed by atoms with Crippen molar-refractivity contribution in [3.63, 3.8) is 0 Å². The van der Waals surface area contributed by atoms with Crippen molar-refractivity contribution in [3.05, 3.63) is 82.6 Å². The molecule has 26 heavy (non-hydrogen) atoms. The third-order valence-corrected chi connectivity index (χ3v) is 5.71. The van der Waals surface area contributed by atoms with Gasteiger partial charge in [-0.05, 0) is 23.3 Å². The molecule has 0 aliphatic carbocycles. The Morgan fingerprint density at radius 2 is 1.77 bits per heavy atom. The molecule has 1 aliphatic rings. The number of amides is 1. The molecule has 1 fully saturated rings. The SMILES string of the molecule is O=C1CSC(c2cn(Cc3ccc(Cl)cc3)nn2)N1Cc1ccccc1. The minimum Gasteiger partial charge on any atom is -0.320 e. The highest BCUT2D eigenvalue weighted by molar-refractivity contribution is 8.00. The van der Waals surface area contributed by atoms with Crippen molar-refractivity contribution in [3.8, 4) is 0 Å². The Kier molecular flexibility index (Phi) is 4.95. The molecule has 0 radical (unpaired) electrons. The standard InChI is InChI=1S/C19H17ClN4OS/c20-16-8-6-15(7-9-16)10-23-12-17(21-22-23)19-24(18(25)13-26-19)11-14-4-2-1-3-5-14/h1-9,12,19H,10-11,13H2. The lowest BCUT2D eigenvalue weighted by atomic mass is 10.2. The van der Waals surface area contributed by atoms with Crippen LogP contribution in [0.15, 0.2) is 60.8 Å². The Balaban J connectivity index is 1.50. The number of carbonyl (C=O) groups excluding carboxylic acids is 1. The van der Waals surface area contributed by atoms with Gasteiger partial charge in [0.1, 0.15) is 11.1 Å². The van der Waals surface area contributed by atoms with E-state index < -0.39 is 0 Å². The first-order chi connectivity index (χ1) is 12.7. The molecule has 2 heterocycles. The normalized spacial score (nSPS) is 17.0. The van der Waals surface area contributed by atoms with E-state index in [0.29, 0.717) is 23.9 Å². The summed E-state index contributed by atoms with van der Waals surface area (Å²) in [4.78, 5) is 14.2. The first-order valence-electron chi connectivity index (χ1n) is 8.28. The van der Waals surface area contributed by atoms with Crippen LogP contribution in [-0.4, -0.2) is 31.6 Å². The van der Waals surface area contributed by atoms with Gasteiger partial charge in [0.2, 0.25) is 5.91 Å².